The van der Waals surface area contributed by atoms with Crippen LogP contribution in [0, 0.1) is 5.92 Å². The van der Waals surface area contributed by atoms with Crippen molar-refractivity contribution in [3.8, 4) is 5.75 Å². The van der Waals surface area contributed by atoms with Crippen LogP contribution >= 0.6 is 39.0 Å². The van der Waals surface area contributed by atoms with Crippen molar-refractivity contribution < 1.29 is 19.1 Å². The topological polar surface area (TPSA) is 97.7 Å². The van der Waals surface area contributed by atoms with Crippen molar-refractivity contribution in [3.05, 3.63) is 103 Å². The van der Waals surface area contributed by atoms with E-state index in [1.54, 1.807) is 43.5 Å². The van der Waals surface area contributed by atoms with Crippen LogP contribution in [0.4, 0.5) is 11.4 Å². The zero-order valence-corrected chi connectivity index (χ0v) is 24.3. The maximum Gasteiger partial charge on any atom is 0.308 e. The summed E-state index contributed by atoms with van der Waals surface area (Å²) in [6.45, 7) is -0.209. The van der Waals surface area contributed by atoms with Gasteiger partial charge in [-0.15, -0.1) is 0 Å². The number of carbonyl (C=O) groups excluding carboxylic acids is 3. The van der Waals surface area contributed by atoms with Crippen LogP contribution in [0.15, 0.2) is 93.2 Å². The van der Waals surface area contributed by atoms with Gasteiger partial charge in [-0.05, 0) is 54.1 Å². The monoisotopic (exact) mass is 635 g/mol. The zero-order valence-electron chi connectivity index (χ0n) is 21.1. The molecule has 0 bridgehead atoms. The van der Waals surface area contributed by atoms with E-state index in [4.69, 9.17) is 4.74 Å². The summed E-state index contributed by atoms with van der Waals surface area (Å²) < 4.78 is 7.46. The highest BCUT2D eigenvalue weighted by Crippen LogP contribution is 2.54. The van der Waals surface area contributed by atoms with Crippen molar-refractivity contribution >= 4 is 68.1 Å². The average molecular weight is 637 g/mol. The predicted molar refractivity (Wildman–Crippen MR) is 158 cm³/mol. The summed E-state index contributed by atoms with van der Waals surface area (Å²) in [5.41, 5.74) is 1.89. The molecule has 2 aliphatic rings. The van der Waals surface area contributed by atoms with Crippen molar-refractivity contribution in [2.45, 2.75) is 22.7 Å². The molecular weight excluding hydrogens is 614 g/mol. The van der Waals surface area contributed by atoms with E-state index in [1.165, 1.54) is 21.2 Å². The fraction of sp³-hybridized carbons (Fsp3) is 0.172. The fourth-order valence-electron chi connectivity index (χ4n) is 5.17. The van der Waals surface area contributed by atoms with E-state index in [1.807, 2.05) is 42.5 Å². The largest absolute Gasteiger partial charge is 0.497 e. The van der Waals surface area contributed by atoms with Gasteiger partial charge in [-0.25, -0.2) is 4.90 Å². The molecule has 4 aromatic rings. The lowest BCUT2D eigenvalue weighted by atomic mass is 9.83. The van der Waals surface area contributed by atoms with Crippen molar-refractivity contribution in [2.75, 3.05) is 17.3 Å². The summed E-state index contributed by atoms with van der Waals surface area (Å²) >= 11 is 5.73. The maximum absolute atomic E-state index is 14.0. The number of nitrogens with one attached hydrogen (secondary N) is 1. The number of rotatable bonds is 6. The smallest absolute Gasteiger partial charge is 0.308 e. The Bertz CT molecular complexity index is 1690. The number of fused-ring (bicyclic) bond motifs is 2. The van der Waals surface area contributed by atoms with Crippen LogP contribution < -0.4 is 19.8 Å². The number of thioether (sulfide) groups is 1. The predicted octanol–water partition coefficient (Wildman–Crippen LogP) is 5.12. The molecule has 202 valence electrons. The molecule has 0 radical (unpaired) electrons. The minimum absolute atomic E-state index is 0.209. The first kappa shape index (κ1) is 26.5. The Morgan fingerprint density at radius 2 is 1.73 bits per heavy atom. The standard InChI is InChI=1S/C29H22BrN3O5S2/c1-38-20-12-10-19(11-13-20)33-26(35)23-22(16-6-5-7-17(30)14-16)25-28(39-24(23)27(33)36)32(29(37)40-25)15-21(34)31-18-8-3-2-4-9-18/h2-14,22-24H,15H2,1H3,(H,31,34)/t22-,23-,24+/m0/s1. The highest BCUT2D eigenvalue weighted by Gasteiger charge is 2.56. The third-order valence-corrected chi connectivity index (χ3v) is 10.0. The molecule has 0 saturated carbocycles. The second kappa shape index (κ2) is 10.7. The molecule has 0 aliphatic carbocycles. The number of ether oxygens (including phenoxy) is 1. The number of carbonyl (C=O) groups is 3. The van der Waals surface area contributed by atoms with Gasteiger partial charge in [0.25, 0.3) is 0 Å². The first-order valence-corrected chi connectivity index (χ1v) is 14.9. The number of anilines is 2. The van der Waals surface area contributed by atoms with Crippen LogP contribution in [0.5, 0.6) is 5.75 Å². The van der Waals surface area contributed by atoms with Gasteiger partial charge in [-0.2, -0.15) is 0 Å². The van der Waals surface area contributed by atoms with Gasteiger partial charge in [0.2, 0.25) is 17.7 Å². The first-order valence-electron chi connectivity index (χ1n) is 12.4. The Morgan fingerprint density at radius 3 is 2.42 bits per heavy atom. The summed E-state index contributed by atoms with van der Waals surface area (Å²) in [5, 5.41) is 2.60. The van der Waals surface area contributed by atoms with Gasteiger partial charge in [-0.3, -0.25) is 23.7 Å². The second-order valence-corrected chi connectivity index (χ2v) is 12.4. The van der Waals surface area contributed by atoms with Crippen molar-refractivity contribution in [3.63, 3.8) is 0 Å². The molecular formula is C29H22BrN3O5S2. The normalized spacial score (nSPS) is 19.8. The number of hydrogen-bond donors (Lipinski definition) is 1. The molecule has 3 atom stereocenters. The SMILES string of the molecule is COc1ccc(N2C(=O)[C@H]3[C@H](c4cccc(Br)c4)c4sc(=O)n(CC(=O)Nc5ccccc5)c4S[C@H]3C2=O)cc1. The lowest BCUT2D eigenvalue weighted by Gasteiger charge is -2.30. The highest BCUT2D eigenvalue weighted by molar-refractivity contribution is 9.10. The third kappa shape index (κ3) is 4.67. The van der Waals surface area contributed by atoms with Gasteiger partial charge in [0.15, 0.2) is 0 Å². The van der Waals surface area contributed by atoms with Crippen LogP contribution in [0.3, 0.4) is 0 Å². The molecule has 3 aromatic carbocycles. The Hall–Kier alpha value is -3.67. The number of halogens is 1. The Morgan fingerprint density at radius 1 is 0.975 bits per heavy atom. The van der Waals surface area contributed by atoms with Crippen LogP contribution in [0.1, 0.15) is 16.4 Å². The number of aromatic nitrogens is 1. The van der Waals surface area contributed by atoms with Gasteiger partial charge in [0.05, 0.1) is 23.7 Å². The number of methoxy groups -OCH3 is 1. The average Bonchev–Trinajstić information content (AvgIpc) is 3.39. The Kier molecular flexibility index (Phi) is 7.11. The molecule has 6 rings (SSSR count). The maximum atomic E-state index is 14.0. The minimum Gasteiger partial charge on any atom is -0.497 e. The highest BCUT2D eigenvalue weighted by atomic mass is 79.9. The van der Waals surface area contributed by atoms with Crippen LogP contribution in [-0.4, -0.2) is 34.6 Å². The number of hydrogen-bond acceptors (Lipinski definition) is 7. The molecule has 8 nitrogen and oxygen atoms in total. The number of imide groups is 1. The molecule has 1 fully saturated rings. The van der Waals surface area contributed by atoms with Crippen molar-refractivity contribution in [1.29, 1.82) is 0 Å². The van der Waals surface area contributed by atoms with E-state index in [2.05, 4.69) is 21.2 Å². The van der Waals surface area contributed by atoms with Crippen LogP contribution in [0.25, 0.3) is 0 Å². The van der Waals surface area contributed by atoms with Crippen LogP contribution in [-0.2, 0) is 20.9 Å². The molecule has 3 amide bonds. The van der Waals surface area contributed by atoms with Crippen molar-refractivity contribution in [2.24, 2.45) is 5.92 Å². The van der Waals surface area contributed by atoms with Crippen molar-refractivity contribution in [1.82, 2.24) is 4.57 Å². The van der Waals surface area contributed by atoms with E-state index in [0.29, 0.717) is 27.0 Å². The van der Waals surface area contributed by atoms with E-state index < -0.39 is 17.1 Å². The summed E-state index contributed by atoms with van der Waals surface area (Å²) in [4.78, 5) is 55.6. The fourth-order valence-corrected chi connectivity index (χ4v) is 8.36. The van der Waals surface area contributed by atoms with Gasteiger partial charge < -0.3 is 10.1 Å². The summed E-state index contributed by atoms with van der Waals surface area (Å²) in [6.07, 6.45) is 0. The van der Waals surface area contributed by atoms with E-state index in [9.17, 15) is 19.2 Å². The summed E-state index contributed by atoms with van der Waals surface area (Å²) in [5.74, 6) is -1.67. The number of thiazole rings is 1. The first-order chi connectivity index (χ1) is 19.4. The molecule has 1 aromatic heterocycles. The van der Waals surface area contributed by atoms with E-state index >= 15 is 0 Å². The van der Waals surface area contributed by atoms with E-state index in [0.717, 1.165) is 21.4 Å². The van der Waals surface area contributed by atoms with Crippen LogP contribution in [0.2, 0.25) is 0 Å². The lowest BCUT2D eigenvalue weighted by molar-refractivity contribution is -0.122. The number of amides is 3. The van der Waals surface area contributed by atoms with Gasteiger partial charge >= 0.3 is 4.87 Å². The summed E-state index contributed by atoms with van der Waals surface area (Å²) in [6, 6.07) is 23.3. The molecule has 11 heteroatoms. The molecule has 3 heterocycles. The quantitative estimate of drug-likeness (QED) is 0.296. The second-order valence-electron chi connectivity index (χ2n) is 9.34. The number of benzene rings is 3. The van der Waals surface area contributed by atoms with E-state index in [-0.39, 0.29) is 29.1 Å². The number of para-hydroxylation sites is 1. The zero-order chi connectivity index (χ0) is 28.0. The Labute approximate surface area is 246 Å². The third-order valence-electron chi connectivity index (χ3n) is 6.95. The molecule has 2 aliphatic heterocycles. The Balaban J connectivity index is 1.41. The van der Waals surface area contributed by atoms with Gasteiger partial charge in [0, 0.05) is 21.0 Å². The lowest BCUT2D eigenvalue weighted by Crippen LogP contribution is -2.33. The molecule has 0 spiro atoms. The molecule has 1 saturated heterocycles. The molecule has 40 heavy (non-hydrogen) atoms. The molecule has 1 N–H and O–H groups in total. The number of nitrogens with zero attached hydrogens (tertiary/aromatic N) is 2. The van der Waals surface area contributed by atoms with Gasteiger partial charge in [-0.1, -0.05) is 69.4 Å². The molecule has 0 unspecified atom stereocenters. The summed E-state index contributed by atoms with van der Waals surface area (Å²) in [7, 11) is 1.55. The van der Waals surface area contributed by atoms with Gasteiger partial charge in [0.1, 0.15) is 17.5 Å². The minimum atomic E-state index is -0.761.